The van der Waals surface area contributed by atoms with Gasteiger partial charge >= 0.3 is 0 Å². The minimum Gasteiger partial charge on any atom is -0.507 e. The molecular weight excluding hydrogens is 342 g/mol. The first-order valence-electron chi connectivity index (χ1n) is 9.15. The van der Waals surface area contributed by atoms with Crippen LogP contribution < -0.4 is 9.47 Å². The van der Waals surface area contributed by atoms with E-state index in [1.54, 1.807) is 25.3 Å². The molecular formula is C22H25NO4. The molecule has 0 radical (unpaired) electrons. The number of nitrogens with zero attached hydrogens (tertiary/aromatic N) is 1. The highest BCUT2D eigenvalue weighted by Gasteiger charge is 2.31. The van der Waals surface area contributed by atoms with E-state index in [0.717, 1.165) is 30.7 Å². The van der Waals surface area contributed by atoms with Crippen LogP contribution in [-0.2, 0) is 6.54 Å². The van der Waals surface area contributed by atoms with Gasteiger partial charge in [-0.25, -0.2) is 0 Å². The molecule has 2 aromatic carbocycles. The van der Waals surface area contributed by atoms with Crippen LogP contribution in [0.1, 0.15) is 41.3 Å². The summed E-state index contributed by atoms with van der Waals surface area (Å²) in [5.41, 5.74) is 1.99. The Balaban J connectivity index is 1.87. The average Bonchev–Trinajstić information content (AvgIpc) is 2.99. The topological polar surface area (TPSA) is 59.0 Å². The third kappa shape index (κ3) is 4.14. The quantitative estimate of drug-likeness (QED) is 0.742. The molecule has 142 valence electrons. The molecule has 0 saturated heterocycles. The van der Waals surface area contributed by atoms with Crippen LogP contribution in [0, 0.1) is 0 Å². The summed E-state index contributed by atoms with van der Waals surface area (Å²) in [6.45, 7) is 3.59. The normalized spacial score (nSPS) is 14.5. The summed E-state index contributed by atoms with van der Waals surface area (Å²) < 4.78 is 11.0. The van der Waals surface area contributed by atoms with Crippen molar-refractivity contribution in [3.05, 3.63) is 58.8 Å². The van der Waals surface area contributed by atoms with Crippen LogP contribution in [0.2, 0.25) is 0 Å². The van der Waals surface area contributed by atoms with E-state index in [1.807, 2.05) is 31.3 Å². The summed E-state index contributed by atoms with van der Waals surface area (Å²) in [5, 5.41) is 10.3. The molecule has 27 heavy (non-hydrogen) atoms. The molecule has 5 nitrogen and oxygen atoms in total. The maximum Gasteiger partial charge on any atom is 0.231 e. The molecule has 0 atom stereocenters. The first-order valence-corrected chi connectivity index (χ1v) is 9.15. The summed E-state index contributed by atoms with van der Waals surface area (Å²) in [5.74, 6) is 1.46. The van der Waals surface area contributed by atoms with Gasteiger partial charge in [-0.15, -0.1) is 0 Å². The highest BCUT2D eigenvalue weighted by molar-refractivity contribution is 6.15. The molecule has 0 unspecified atom stereocenters. The van der Waals surface area contributed by atoms with Gasteiger partial charge in [-0.1, -0.05) is 25.5 Å². The molecule has 5 heteroatoms. The van der Waals surface area contributed by atoms with Gasteiger partial charge in [0.15, 0.2) is 5.76 Å². The number of Topliss-reactive ketones (excluding diaryl/α,β-unsaturated/α-hetero) is 1. The molecule has 0 spiro atoms. The van der Waals surface area contributed by atoms with E-state index in [0.29, 0.717) is 23.4 Å². The highest BCUT2D eigenvalue weighted by Crippen LogP contribution is 2.40. The Morgan fingerprint density at radius 3 is 2.59 bits per heavy atom. The minimum atomic E-state index is -0.168. The second-order valence-electron chi connectivity index (χ2n) is 6.74. The van der Waals surface area contributed by atoms with Gasteiger partial charge in [-0.05, 0) is 55.9 Å². The van der Waals surface area contributed by atoms with Crippen LogP contribution in [-0.4, -0.2) is 36.5 Å². The Morgan fingerprint density at radius 2 is 1.93 bits per heavy atom. The smallest absolute Gasteiger partial charge is 0.231 e. The van der Waals surface area contributed by atoms with Crippen LogP contribution in [0.4, 0.5) is 0 Å². The Hall–Kier alpha value is -2.79. The third-order valence-electron chi connectivity index (χ3n) is 4.65. The van der Waals surface area contributed by atoms with E-state index in [4.69, 9.17) is 9.47 Å². The molecule has 2 aromatic rings. The lowest BCUT2D eigenvalue weighted by Crippen LogP contribution is -2.19. The number of hydrogen-bond acceptors (Lipinski definition) is 5. The van der Waals surface area contributed by atoms with Gasteiger partial charge < -0.3 is 19.5 Å². The summed E-state index contributed by atoms with van der Waals surface area (Å²) >= 11 is 0. The maximum absolute atomic E-state index is 12.7. The highest BCUT2D eigenvalue weighted by atomic mass is 16.5. The first kappa shape index (κ1) is 19.0. The zero-order valence-electron chi connectivity index (χ0n) is 16.0. The second-order valence-corrected chi connectivity index (χ2v) is 6.74. The molecule has 1 N–H and O–H groups in total. The number of ketones is 1. The number of phenols is 1. The molecule has 0 saturated carbocycles. The van der Waals surface area contributed by atoms with E-state index in [1.165, 1.54) is 0 Å². The number of hydrogen-bond donors (Lipinski definition) is 1. The van der Waals surface area contributed by atoms with Crippen LogP contribution in [0.5, 0.6) is 17.2 Å². The minimum absolute atomic E-state index is 0.149. The Kier molecular flexibility index (Phi) is 5.81. The first-order chi connectivity index (χ1) is 13.0. The van der Waals surface area contributed by atoms with Crippen molar-refractivity contribution in [3.63, 3.8) is 0 Å². The summed E-state index contributed by atoms with van der Waals surface area (Å²) in [6, 6.07) is 10.6. The van der Waals surface area contributed by atoms with Crippen molar-refractivity contribution in [2.75, 3.05) is 20.7 Å². The van der Waals surface area contributed by atoms with Crippen molar-refractivity contribution in [1.29, 1.82) is 0 Å². The average molecular weight is 367 g/mol. The van der Waals surface area contributed by atoms with E-state index < -0.39 is 0 Å². The number of rotatable bonds is 7. The number of phenolic OH excluding ortho intramolecular Hbond substituents is 1. The standard InChI is InChI=1S/C22H25NO4/c1-4-5-12-23(2)14-18-19(24)11-10-17-21(25)20(27-22(17)18)13-15-6-8-16(26-3)9-7-15/h6-11,13,24H,4-5,12,14H2,1-3H3/b20-13-. The maximum atomic E-state index is 12.7. The molecule has 1 aliphatic heterocycles. The molecule has 3 rings (SSSR count). The van der Waals surface area contributed by atoms with Gasteiger partial charge in [0.2, 0.25) is 5.78 Å². The summed E-state index contributed by atoms with van der Waals surface area (Å²) in [7, 11) is 3.61. The molecule has 0 aliphatic carbocycles. The lowest BCUT2D eigenvalue weighted by atomic mass is 10.0. The van der Waals surface area contributed by atoms with Gasteiger partial charge in [-0.3, -0.25) is 4.79 Å². The van der Waals surface area contributed by atoms with E-state index in [9.17, 15) is 9.90 Å². The Bertz CT molecular complexity index is 855. The fourth-order valence-electron chi connectivity index (χ4n) is 3.08. The number of allylic oxidation sites excluding steroid dienone is 1. The zero-order valence-corrected chi connectivity index (χ0v) is 16.0. The Morgan fingerprint density at radius 1 is 1.19 bits per heavy atom. The van der Waals surface area contributed by atoms with Gasteiger partial charge in [-0.2, -0.15) is 0 Å². The van der Waals surface area contributed by atoms with Crippen LogP contribution in [0.25, 0.3) is 6.08 Å². The van der Waals surface area contributed by atoms with Crippen LogP contribution in [0.15, 0.2) is 42.2 Å². The number of ether oxygens (including phenoxy) is 2. The van der Waals surface area contributed by atoms with Gasteiger partial charge in [0, 0.05) is 6.54 Å². The lowest BCUT2D eigenvalue weighted by Gasteiger charge is -2.18. The fourth-order valence-corrected chi connectivity index (χ4v) is 3.08. The largest absolute Gasteiger partial charge is 0.507 e. The van der Waals surface area contributed by atoms with Crippen LogP contribution >= 0.6 is 0 Å². The molecule has 0 fully saturated rings. The summed E-state index contributed by atoms with van der Waals surface area (Å²) in [4.78, 5) is 14.9. The van der Waals surface area contributed by atoms with Crippen molar-refractivity contribution in [2.24, 2.45) is 0 Å². The molecule has 1 heterocycles. The Labute approximate surface area is 159 Å². The van der Waals surface area contributed by atoms with E-state index in [-0.39, 0.29) is 17.3 Å². The molecule has 1 aliphatic rings. The second kappa shape index (κ2) is 8.27. The SMILES string of the molecule is CCCCN(C)Cc1c(O)ccc2c1O/C(=C\c1ccc(OC)cc1)C2=O. The fraction of sp³-hybridized carbons (Fsp3) is 0.318. The van der Waals surface area contributed by atoms with Gasteiger partial charge in [0.1, 0.15) is 17.2 Å². The van der Waals surface area contributed by atoms with Crippen molar-refractivity contribution in [2.45, 2.75) is 26.3 Å². The van der Waals surface area contributed by atoms with Crippen LogP contribution in [0.3, 0.4) is 0 Å². The van der Waals surface area contributed by atoms with E-state index in [2.05, 4.69) is 11.8 Å². The predicted octanol–water partition coefficient (Wildman–Crippen LogP) is 4.25. The number of fused-ring (bicyclic) bond motifs is 1. The van der Waals surface area contributed by atoms with E-state index >= 15 is 0 Å². The van der Waals surface area contributed by atoms with Gasteiger partial charge in [0.05, 0.1) is 18.2 Å². The monoisotopic (exact) mass is 367 g/mol. The van der Waals surface area contributed by atoms with Crippen molar-refractivity contribution in [3.8, 4) is 17.2 Å². The number of benzene rings is 2. The number of carbonyl (C=O) groups excluding carboxylic acids is 1. The van der Waals surface area contributed by atoms with Crippen molar-refractivity contribution >= 4 is 11.9 Å². The number of methoxy groups -OCH3 is 1. The lowest BCUT2D eigenvalue weighted by molar-refractivity contribution is 0.101. The predicted molar refractivity (Wildman–Crippen MR) is 105 cm³/mol. The number of carbonyl (C=O) groups is 1. The number of unbranched alkanes of at least 4 members (excludes halogenated alkanes) is 1. The summed E-state index contributed by atoms with van der Waals surface area (Å²) in [6.07, 6.45) is 3.89. The molecule has 0 bridgehead atoms. The van der Waals surface area contributed by atoms with Crippen molar-refractivity contribution in [1.82, 2.24) is 4.90 Å². The van der Waals surface area contributed by atoms with Crippen molar-refractivity contribution < 1.29 is 19.4 Å². The zero-order chi connectivity index (χ0) is 19.4. The van der Waals surface area contributed by atoms with Gasteiger partial charge in [0.25, 0.3) is 0 Å². The number of aromatic hydroxyl groups is 1. The molecule has 0 aromatic heterocycles. The third-order valence-corrected chi connectivity index (χ3v) is 4.65. The molecule has 0 amide bonds.